The lowest BCUT2D eigenvalue weighted by molar-refractivity contribution is 0.121. The molecule has 0 fully saturated rings. The first-order valence-electron chi connectivity index (χ1n) is 7.96. The lowest BCUT2D eigenvalue weighted by Crippen LogP contribution is -2.18. The molecule has 134 valence electrons. The zero-order chi connectivity index (χ0) is 18.7. The predicted molar refractivity (Wildman–Crippen MR) is 98.6 cm³/mol. The van der Waals surface area contributed by atoms with Crippen LogP contribution in [0.1, 0.15) is 18.6 Å². The van der Waals surface area contributed by atoms with Gasteiger partial charge in [-0.05, 0) is 19.1 Å². The summed E-state index contributed by atoms with van der Waals surface area (Å²) < 4.78 is 20.9. The minimum atomic E-state index is -0.682. The number of nitrogens with one attached hydrogen (secondary N) is 1. The molecule has 5 nitrogen and oxygen atoms in total. The molecule has 0 saturated carbocycles. The van der Waals surface area contributed by atoms with Crippen LogP contribution in [0.25, 0.3) is 11.1 Å². The molecule has 0 spiro atoms. The van der Waals surface area contributed by atoms with Crippen LogP contribution in [-0.4, -0.2) is 15.9 Å². The third-order valence-corrected chi connectivity index (χ3v) is 4.29. The summed E-state index contributed by atoms with van der Waals surface area (Å²) in [5, 5.41) is 7.25. The first kappa shape index (κ1) is 17.9. The fraction of sp³-hybridized carbons (Fsp3) is 0.158. The van der Waals surface area contributed by atoms with Crippen molar-refractivity contribution in [2.75, 3.05) is 5.32 Å². The second kappa shape index (κ2) is 7.58. The summed E-state index contributed by atoms with van der Waals surface area (Å²) in [6.07, 6.45) is 0.262. The van der Waals surface area contributed by atoms with E-state index in [0.29, 0.717) is 27.5 Å². The zero-order valence-corrected chi connectivity index (χ0v) is 15.0. The van der Waals surface area contributed by atoms with Crippen LogP contribution in [0, 0.1) is 5.82 Å². The van der Waals surface area contributed by atoms with Crippen LogP contribution >= 0.6 is 11.6 Å². The van der Waals surface area contributed by atoms with E-state index < -0.39 is 18.0 Å². The fourth-order valence-electron chi connectivity index (χ4n) is 2.62. The lowest BCUT2D eigenvalue weighted by Gasteiger charge is -2.16. The number of anilines is 1. The minimum absolute atomic E-state index is 0.339. The van der Waals surface area contributed by atoms with E-state index in [1.54, 1.807) is 50.4 Å². The highest BCUT2D eigenvalue weighted by Crippen LogP contribution is 2.30. The number of aromatic nitrogens is 2. The Morgan fingerprint density at radius 1 is 1.19 bits per heavy atom. The molecule has 0 radical (unpaired) electrons. The first-order valence-corrected chi connectivity index (χ1v) is 8.34. The van der Waals surface area contributed by atoms with Crippen LogP contribution in [0.15, 0.2) is 54.7 Å². The number of rotatable bonds is 4. The van der Waals surface area contributed by atoms with E-state index in [4.69, 9.17) is 16.3 Å². The molecule has 3 aromatic rings. The highest BCUT2D eigenvalue weighted by atomic mass is 35.5. The summed E-state index contributed by atoms with van der Waals surface area (Å²) in [6, 6.07) is 13.4. The summed E-state index contributed by atoms with van der Waals surface area (Å²) in [4.78, 5) is 12.3. The van der Waals surface area contributed by atoms with E-state index in [-0.39, 0.29) is 0 Å². The standard InChI is InChI=1S/C19H17ClFN3O2/c1-12(13-7-3-5-9-16(13)20)26-19(25)23-18-15(11-22-24(18)2)14-8-4-6-10-17(14)21/h3-12H,1-2H3,(H,23,25). The van der Waals surface area contributed by atoms with Crippen molar-refractivity contribution in [1.82, 2.24) is 9.78 Å². The van der Waals surface area contributed by atoms with Crippen LogP contribution in [0.2, 0.25) is 5.02 Å². The number of carbonyl (C=O) groups is 1. The summed E-state index contributed by atoms with van der Waals surface area (Å²) in [5.74, 6) is -0.0622. The predicted octanol–water partition coefficient (Wildman–Crippen LogP) is 5.19. The van der Waals surface area contributed by atoms with E-state index in [2.05, 4.69) is 10.4 Å². The summed E-state index contributed by atoms with van der Waals surface area (Å²) in [7, 11) is 1.65. The topological polar surface area (TPSA) is 56.1 Å². The molecule has 1 heterocycles. The summed E-state index contributed by atoms with van der Waals surface area (Å²) >= 11 is 6.13. The maximum Gasteiger partial charge on any atom is 0.413 e. The molecule has 1 unspecified atom stereocenters. The molecule has 7 heteroatoms. The molecule has 0 aliphatic heterocycles. The van der Waals surface area contributed by atoms with E-state index >= 15 is 0 Å². The van der Waals surface area contributed by atoms with Crippen LogP contribution < -0.4 is 5.32 Å². The second-order valence-corrected chi connectivity index (χ2v) is 6.11. The van der Waals surface area contributed by atoms with Gasteiger partial charge >= 0.3 is 6.09 Å². The lowest BCUT2D eigenvalue weighted by atomic mass is 10.1. The second-order valence-electron chi connectivity index (χ2n) is 5.70. The zero-order valence-electron chi connectivity index (χ0n) is 14.2. The summed E-state index contributed by atoms with van der Waals surface area (Å²) in [6.45, 7) is 1.72. The van der Waals surface area contributed by atoms with E-state index in [0.717, 1.165) is 0 Å². The fourth-order valence-corrected chi connectivity index (χ4v) is 2.91. The third kappa shape index (κ3) is 3.70. The molecule has 2 aromatic carbocycles. The van der Waals surface area contributed by atoms with Gasteiger partial charge in [0.2, 0.25) is 0 Å². The summed E-state index contributed by atoms with van der Waals surface area (Å²) in [5.41, 5.74) is 1.51. The Morgan fingerprint density at radius 2 is 1.88 bits per heavy atom. The Kier molecular flexibility index (Phi) is 5.23. The van der Waals surface area contributed by atoms with Gasteiger partial charge in [0, 0.05) is 28.8 Å². The van der Waals surface area contributed by atoms with Crippen molar-refractivity contribution in [3.8, 4) is 11.1 Å². The third-order valence-electron chi connectivity index (χ3n) is 3.95. The van der Waals surface area contributed by atoms with E-state index in [1.165, 1.54) is 16.9 Å². The Labute approximate surface area is 155 Å². The Hall–Kier alpha value is -2.86. The molecular weight excluding hydrogens is 357 g/mol. The van der Waals surface area contributed by atoms with Crippen molar-refractivity contribution in [3.05, 3.63) is 71.1 Å². The highest BCUT2D eigenvalue weighted by molar-refractivity contribution is 6.31. The Morgan fingerprint density at radius 3 is 2.62 bits per heavy atom. The van der Waals surface area contributed by atoms with E-state index in [9.17, 15) is 9.18 Å². The monoisotopic (exact) mass is 373 g/mol. The van der Waals surface area contributed by atoms with Crippen molar-refractivity contribution in [2.24, 2.45) is 7.05 Å². The maximum absolute atomic E-state index is 14.1. The van der Waals surface area contributed by atoms with Gasteiger partial charge < -0.3 is 4.74 Å². The molecular formula is C19H17ClFN3O2. The van der Waals surface area contributed by atoms with Crippen molar-refractivity contribution in [2.45, 2.75) is 13.0 Å². The molecule has 1 aromatic heterocycles. The van der Waals surface area contributed by atoms with Gasteiger partial charge in [-0.3, -0.25) is 10.00 Å². The number of carbonyl (C=O) groups excluding carboxylic acids is 1. The molecule has 0 saturated heterocycles. The highest BCUT2D eigenvalue weighted by Gasteiger charge is 2.19. The number of halogens is 2. The van der Waals surface area contributed by atoms with Crippen LogP contribution in [0.3, 0.4) is 0 Å². The van der Waals surface area contributed by atoms with Crippen molar-refractivity contribution in [3.63, 3.8) is 0 Å². The number of hydrogen-bond acceptors (Lipinski definition) is 3. The number of aryl methyl sites for hydroxylation is 1. The van der Waals surface area contributed by atoms with Gasteiger partial charge in [-0.2, -0.15) is 5.10 Å². The SMILES string of the molecule is CC(OC(=O)Nc1c(-c2ccccc2F)cnn1C)c1ccccc1Cl. The molecule has 1 N–H and O–H groups in total. The number of ether oxygens (including phenoxy) is 1. The molecule has 0 bridgehead atoms. The van der Waals surface area contributed by atoms with Gasteiger partial charge in [0.1, 0.15) is 17.7 Å². The van der Waals surface area contributed by atoms with Crippen LogP contribution in [-0.2, 0) is 11.8 Å². The number of hydrogen-bond donors (Lipinski definition) is 1. The van der Waals surface area contributed by atoms with Gasteiger partial charge in [0.05, 0.1) is 6.20 Å². The minimum Gasteiger partial charge on any atom is -0.441 e. The van der Waals surface area contributed by atoms with Crippen molar-refractivity contribution >= 4 is 23.5 Å². The molecule has 0 aliphatic carbocycles. The van der Waals surface area contributed by atoms with Gasteiger partial charge in [-0.1, -0.05) is 48.0 Å². The average Bonchev–Trinajstić information content (AvgIpc) is 2.96. The number of benzene rings is 2. The Balaban J connectivity index is 1.79. The molecule has 1 amide bonds. The smallest absolute Gasteiger partial charge is 0.413 e. The maximum atomic E-state index is 14.1. The van der Waals surface area contributed by atoms with Gasteiger partial charge in [0.15, 0.2) is 0 Å². The molecule has 0 aliphatic rings. The van der Waals surface area contributed by atoms with Crippen molar-refractivity contribution < 1.29 is 13.9 Å². The largest absolute Gasteiger partial charge is 0.441 e. The molecule has 1 atom stereocenters. The normalized spacial score (nSPS) is 11.8. The average molecular weight is 374 g/mol. The van der Waals surface area contributed by atoms with Gasteiger partial charge in [0.25, 0.3) is 0 Å². The van der Waals surface area contributed by atoms with Gasteiger partial charge in [-0.15, -0.1) is 0 Å². The van der Waals surface area contributed by atoms with E-state index in [1.807, 2.05) is 6.07 Å². The molecule has 26 heavy (non-hydrogen) atoms. The molecule has 3 rings (SSSR count). The quantitative estimate of drug-likeness (QED) is 0.684. The first-order chi connectivity index (χ1) is 12.5. The van der Waals surface area contributed by atoms with Gasteiger partial charge in [-0.25, -0.2) is 9.18 Å². The number of nitrogens with zero attached hydrogens (tertiary/aromatic N) is 2. The number of amides is 1. The van der Waals surface area contributed by atoms with Crippen molar-refractivity contribution in [1.29, 1.82) is 0 Å². The van der Waals surface area contributed by atoms with Crippen LogP contribution in [0.4, 0.5) is 15.0 Å². The van der Waals surface area contributed by atoms with Crippen LogP contribution in [0.5, 0.6) is 0 Å². The Bertz CT molecular complexity index is 942.